The summed E-state index contributed by atoms with van der Waals surface area (Å²) < 4.78 is 5.69. The lowest BCUT2D eigenvalue weighted by Crippen LogP contribution is -2.25. The molecular formula is C12H8Cl2O. The molecule has 76 valence electrons. The first-order chi connectivity index (χ1) is 7.24. The molecule has 0 radical (unpaired) electrons. The highest BCUT2D eigenvalue weighted by Crippen LogP contribution is 2.17. The highest BCUT2D eigenvalue weighted by atomic mass is 35.5. The molecule has 15 heavy (non-hydrogen) atoms. The van der Waals surface area contributed by atoms with Gasteiger partial charge in [0.25, 0.3) is 0 Å². The number of hydrogen-bond donors (Lipinski definition) is 0. The van der Waals surface area contributed by atoms with E-state index in [-0.39, 0.29) is 5.38 Å². The molecule has 0 N–H and O–H groups in total. The number of fused-ring (bicyclic) bond motifs is 3. The third-order valence-corrected chi connectivity index (χ3v) is 3.13. The fourth-order valence-corrected chi connectivity index (χ4v) is 2.29. The van der Waals surface area contributed by atoms with Crippen molar-refractivity contribution < 1.29 is 4.42 Å². The van der Waals surface area contributed by atoms with Crippen LogP contribution in [-0.2, 0) is 0 Å². The summed E-state index contributed by atoms with van der Waals surface area (Å²) in [4.78, 5) is 0. The van der Waals surface area contributed by atoms with Crippen LogP contribution in [-0.4, -0.2) is 5.38 Å². The van der Waals surface area contributed by atoms with Crippen molar-refractivity contribution >= 4 is 46.3 Å². The van der Waals surface area contributed by atoms with Crippen molar-refractivity contribution in [3.05, 3.63) is 33.9 Å². The summed E-state index contributed by atoms with van der Waals surface area (Å²) in [5, 5.41) is 2.88. The monoisotopic (exact) mass is 238 g/mol. The van der Waals surface area contributed by atoms with Crippen LogP contribution in [0, 0.1) is 0 Å². The summed E-state index contributed by atoms with van der Waals surface area (Å²) in [7, 11) is 0. The number of hydrogen-bond acceptors (Lipinski definition) is 1. The molecule has 1 nitrogen and oxygen atoms in total. The Balaban J connectivity index is 2.51. The van der Waals surface area contributed by atoms with Crippen molar-refractivity contribution in [2.75, 3.05) is 0 Å². The maximum atomic E-state index is 6.08. The Bertz CT molecular complexity index is 639. The minimum Gasteiger partial charge on any atom is -0.456 e. The molecule has 1 heterocycles. The van der Waals surface area contributed by atoms with E-state index in [0.717, 1.165) is 33.0 Å². The van der Waals surface area contributed by atoms with Crippen molar-refractivity contribution in [3.63, 3.8) is 0 Å². The Morgan fingerprint density at radius 3 is 3.07 bits per heavy atom. The largest absolute Gasteiger partial charge is 0.456 e. The normalized spacial score (nSPS) is 19.5. The van der Waals surface area contributed by atoms with Gasteiger partial charge in [0.2, 0.25) is 0 Å². The molecular weight excluding hydrogens is 231 g/mol. The van der Waals surface area contributed by atoms with Gasteiger partial charge >= 0.3 is 0 Å². The Morgan fingerprint density at radius 1 is 1.33 bits per heavy atom. The predicted molar refractivity (Wildman–Crippen MR) is 63.7 cm³/mol. The second-order valence-electron chi connectivity index (χ2n) is 3.64. The maximum absolute atomic E-state index is 6.08. The molecule has 1 atom stereocenters. The van der Waals surface area contributed by atoms with Gasteiger partial charge in [0, 0.05) is 15.6 Å². The van der Waals surface area contributed by atoms with Crippen LogP contribution >= 0.6 is 23.2 Å². The van der Waals surface area contributed by atoms with Crippen molar-refractivity contribution in [3.8, 4) is 0 Å². The number of rotatable bonds is 0. The summed E-state index contributed by atoms with van der Waals surface area (Å²) in [5.41, 5.74) is 1.77. The molecule has 1 aliphatic carbocycles. The summed E-state index contributed by atoms with van der Waals surface area (Å²) in [6.07, 6.45) is 4.88. The minimum absolute atomic E-state index is 0.0530. The van der Waals surface area contributed by atoms with Gasteiger partial charge in [0.05, 0.1) is 5.38 Å². The molecule has 0 aliphatic heterocycles. The van der Waals surface area contributed by atoms with E-state index >= 15 is 0 Å². The lowest BCUT2D eigenvalue weighted by molar-refractivity contribution is 0.572. The van der Waals surface area contributed by atoms with Gasteiger partial charge in [0.1, 0.15) is 11.0 Å². The zero-order valence-corrected chi connectivity index (χ0v) is 9.35. The average molecular weight is 239 g/mol. The molecule has 0 saturated heterocycles. The Kier molecular flexibility index (Phi) is 2.04. The quantitative estimate of drug-likeness (QED) is 0.644. The number of halogens is 2. The molecule has 1 aromatic carbocycles. The van der Waals surface area contributed by atoms with E-state index in [1.165, 1.54) is 0 Å². The van der Waals surface area contributed by atoms with Gasteiger partial charge in [-0.3, -0.25) is 0 Å². The van der Waals surface area contributed by atoms with E-state index in [2.05, 4.69) is 0 Å². The third kappa shape index (κ3) is 1.47. The molecule has 2 aromatic rings. The topological polar surface area (TPSA) is 13.1 Å². The van der Waals surface area contributed by atoms with Crippen LogP contribution in [0.25, 0.3) is 23.1 Å². The van der Waals surface area contributed by atoms with Crippen molar-refractivity contribution in [1.82, 2.24) is 0 Å². The predicted octanol–water partition coefficient (Wildman–Crippen LogP) is 2.66. The van der Waals surface area contributed by atoms with Crippen LogP contribution in [0.15, 0.2) is 22.6 Å². The van der Waals surface area contributed by atoms with E-state index in [9.17, 15) is 0 Å². The molecule has 1 aliphatic rings. The van der Waals surface area contributed by atoms with Gasteiger partial charge in [-0.2, -0.15) is 0 Å². The van der Waals surface area contributed by atoms with Gasteiger partial charge < -0.3 is 4.42 Å². The van der Waals surface area contributed by atoms with E-state index < -0.39 is 0 Å². The van der Waals surface area contributed by atoms with Gasteiger partial charge in [-0.25, -0.2) is 0 Å². The molecule has 0 fully saturated rings. The first-order valence-corrected chi connectivity index (χ1v) is 5.60. The van der Waals surface area contributed by atoms with Crippen molar-refractivity contribution in [2.24, 2.45) is 0 Å². The molecule has 1 unspecified atom stereocenters. The molecule has 0 spiro atoms. The SMILES string of the molecule is Clc1ccc2oc3c(c2c1)=CC(Cl)CC=3. The second-order valence-corrected chi connectivity index (χ2v) is 4.64. The van der Waals surface area contributed by atoms with E-state index in [4.69, 9.17) is 27.6 Å². The molecule has 3 heteroatoms. The maximum Gasteiger partial charge on any atom is 0.135 e. The number of alkyl halides is 1. The van der Waals surface area contributed by atoms with Gasteiger partial charge in [-0.15, -0.1) is 11.6 Å². The summed E-state index contributed by atoms with van der Waals surface area (Å²) in [6.45, 7) is 0. The summed E-state index contributed by atoms with van der Waals surface area (Å²) in [5.74, 6) is 0. The highest BCUT2D eigenvalue weighted by molar-refractivity contribution is 6.31. The molecule has 0 amide bonds. The van der Waals surface area contributed by atoms with Crippen LogP contribution in [0.5, 0.6) is 0 Å². The first kappa shape index (κ1) is 9.32. The van der Waals surface area contributed by atoms with E-state index in [1.807, 2.05) is 30.4 Å². The third-order valence-electron chi connectivity index (χ3n) is 2.59. The highest BCUT2D eigenvalue weighted by Gasteiger charge is 2.10. The van der Waals surface area contributed by atoms with Gasteiger partial charge in [-0.1, -0.05) is 17.7 Å². The Labute approximate surface area is 96.6 Å². The zero-order chi connectivity index (χ0) is 10.4. The second kappa shape index (κ2) is 3.29. The van der Waals surface area contributed by atoms with Crippen LogP contribution < -0.4 is 10.6 Å². The fourth-order valence-electron chi connectivity index (χ4n) is 1.90. The van der Waals surface area contributed by atoms with Crippen LogP contribution in [0.4, 0.5) is 0 Å². The van der Waals surface area contributed by atoms with E-state index in [1.54, 1.807) is 0 Å². The lowest BCUT2D eigenvalue weighted by Gasteiger charge is -2.00. The Morgan fingerprint density at radius 2 is 2.20 bits per heavy atom. The first-order valence-electron chi connectivity index (χ1n) is 4.78. The van der Waals surface area contributed by atoms with Crippen molar-refractivity contribution in [1.29, 1.82) is 0 Å². The number of furan rings is 1. The lowest BCUT2D eigenvalue weighted by atomic mass is 10.1. The van der Waals surface area contributed by atoms with E-state index in [0.29, 0.717) is 0 Å². The van der Waals surface area contributed by atoms with Crippen LogP contribution in [0.3, 0.4) is 0 Å². The smallest absolute Gasteiger partial charge is 0.135 e. The average Bonchev–Trinajstić information content (AvgIpc) is 2.56. The van der Waals surface area contributed by atoms with Crippen molar-refractivity contribution in [2.45, 2.75) is 11.8 Å². The fraction of sp³-hybridized carbons (Fsp3) is 0.167. The van der Waals surface area contributed by atoms with Crippen LogP contribution in [0.2, 0.25) is 5.02 Å². The zero-order valence-electron chi connectivity index (χ0n) is 7.84. The summed E-state index contributed by atoms with van der Waals surface area (Å²) >= 11 is 12.0. The molecule has 0 bridgehead atoms. The van der Waals surface area contributed by atoms with Gasteiger partial charge in [0.15, 0.2) is 0 Å². The summed E-state index contributed by atoms with van der Waals surface area (Å²) in [6, 6.07) is 5.64. The molecule has 1 aromatic heterocycles. The van der Waals surface area contributed by atoms with Gasteiger partial charge in [-0.05, 0) is 30.7 Å². The Hall–Kier alpha value is -0.920. The standard InChI is InChI=1S/C12H8Cl2O/c13-7-1-3-11-9(5-7)10-6-8(14)2-4-12(10)15-11/h1,3-6,8H,2H2. The molecule has 3 rings (SSSR count). The molecule has 0 saturated carbocycles. The number of benzene rings is 1. The minimum atomic E-state index is 0.0530. The van der Waals surface area contributed by atoms with Crippen LogP contribution in [0.1, 0.15) is 6.42 Å².